The molecule has 1 aliphatic heterocycles. The molecule has 0 saturated carbocycles. The fraction of sp³-hybridized carbons (Fsp3) is 0.412. The maximum Gasteiger partial charge on any atom is 0.306 e. The lowest BCUT2D eigenvalue weighted by atomic mass is 10.1. The predicted octanol–water partition coefficient (Wildman–Crippen LogP) is 3.33. The van der Waals surface area contributed by atoms with Gasteiger partial charge in [-0.25, -0.2) is 0 Å². The lowest BCUT2D eigenvalue weighted by Gasteiger charge is -2.06. The van der Waals surface area contributed by atoms with Crippen LogP contribution in [0.25, 0.3) is 10.9 Å². The molecule has 1 unspecified atom stereocenters. The number of nitrogens with zero attached hydrogens (tertiary/aromatic N) is 1. The molecule has 6 heteroatoms. The molecule has 1 aromatic carbocycles. The average molecular weight is 331 g/mol. The first-order chi connectivity index (χ1) is 11.1. The Morgan fingerprint density at radius 3 is 3.04 bits per heavy atom. The summed E-state index contributed by atoms with van der Waals surface area (Å²) in [6.45, 7) is 5.00. The number of hydrogen-bond donors (Lipinski definition) is 2. The van der Waals surface area contributed by atoms with Gasteiger partial charge in [-0.1, -0.05) is 11.8 Å². The Hall–Kier alpha value is -1.95. The van der Waals surface area contributed by atoms with Crippen LogP contribution in [0.2, 0.25) is 0 Å². The van der Waals surface area contributed by atoms with Gasteiger partial charge in [-0.2, -0.15) is 0 Å². The molecule has 1 aromatic heterocycles. The summed E-state index contributed by atoms with van der Waals surface area (Å²) in [6, 6.07) is 6.41. The fourth-order valence-corrected chi connectivity index (χ4v) is 3.85. The van der Waals surface area contributed by atoms with Gasteiger partial charge in [-0.05, 0) is 37.6 Å². The van der Waals surface area contributed by atoms with Crippen molar-refractivity contribution < 1.29 is 9.53 Å². The molecule has 1 aliphatic rings. The highest BCUT2D eigenvalue weighted by molar-refractivity contribution is 8.15. The lowest BCUT2D eigenvalue weighted by molar-refractivity contribution is -0.143. The number of fused-ring (bicyclic) bond motifs is 1. The van der Waals surface area contributed by atoms with Gasteiger partial charge in [0, 0.05) is 17.7 Å². The Morgan fingerprint density at radius 1 is 1.48 bits per heavy atom. The summed E-state index contributed by atoms with van der Waals surface area (Å²) in [4.78, 5) is 19.6. The van der Waals surface area contributed by atoms with Crippen LogP contribution in [0.3, 0.4) is 0 Å². The zero-order chi connectivity index (χ0) is 16.4. The van der Waals surface area contributed by atoms with Crippen LogP contribution in [0.15, 0.2) is 23.2 Å². The average Bonchev–Trinajstić information content (AvgIpc) is 3.12. The minimum Gasteiger partial charge on any atom is -0.466 e. The molecule has 0 radical (unpaired) electrons. The third-order valence-electron chi connectivity index (χ3n) is 3.79. The van der Waals surface area contributed by atoms with Gasteiger partial charge in [0.15, 0.2) is 0 Å². The number of hydrogen-bond acceptors (Lipinski definition) is 5. The van der Waals surface area contributed by atoms with Crippen LogP contribution in [0.5, 0.6) is 0 Å². The second kappa shape index (κ2) is 6.66. The summed E-state index contributed by atoms with van der Waals surface area (Å²) in [7, 11) is 1.92. The third kappa shape index (κ3) is 3.37. The Morgan fingerprint density at radius 2 is 2.30 bits per heavy atom. The van der Waals surface area contributed by atoms with E-state index in [9.17, 15) is 4.79 Å². The fourth-order valence-electron chi connectivity index (χ4n) is 2.78. The van der Waals surface area contributed by atoms with Gasteiger partial charge in [0.25, 0.3) is 0 Å². The third-order valence-corrected chi connectivity index (χ3v) is 5.01. The summed E-state index contributed by atoms with van der Waals surface area (Å²) in [5.41, 5.74) is 4.40. The number of esters is 1. The van der Waals surface area contributed by atoms with Crippen LogP contribution < -0.4 is 5.32 Å². The van der Waals surface area contributed by atoms with Gasteiger partial charge in [0.2, 0.25) is 0 Å². The van der Waals surface area contributed by atoms with Crippen molar-refractivity contribution in [2.45, 2.75) is 25.5 Å². The van der Waals surface area contributed by atoms with E-state index in [1.54, 1.807) is 11.8 Å². The van der Waals surface area contributed by atoms with Gasteiger partial charge in [-0.3, -0.25) is 9.79 Å². The SMILES string of the molecule is CCOC(=O)CC1CN=C(c2cc3cc(C)cc(NC)c3[nH]2)S1. The highest BCUT2D eigenvalue weighted by atomic mass is 32.2. The summed E-state index contributed by atoms with van der Waals surface area (Å²) in [5.74, 6) is -0.147. The summed E-state index contributed by atoms with van der Waals surface area (Å²) >= 11 is 1.65. The molecule has 0 spiro atoms. The molecular weight excluding hydrogens is 310 g/mol. The van der Waals surface area contributed by atoms with Crippen LogP contribution in [0, 0.1) is 6.92 Å². The molecule has 122 valence electrons. The number of H-pyrrole nitrogens is 1. The van der Waals surface area contributed by atoms with E-state index in [2.05, 4.69) is 40.4 Å². The van der Waals surface area contributed by atoms with E-state index >= 15 is 0 Å². The van der Waals surface area contributed by atoms with Crippen molar-refractivity contribution in [2.24, 2.45) is 4.99 Å². The number of thioether (sulfide) groups is 1. The van der Waals surface area contributed by atoms with E-state index in [-0.39, 0.29) is 11.2 Å². The highest BCUT2D eigenvalue weighted by Gasteiger charge is 2.25. The van der Waals surface area contributed by atoms with E-state index in [0.29, 0.717) is 19.6 Å². The molecular formula is C17H21N3O2S. The van der Waals surface area contributed by atoms with Crippen LogP contribution >= 0.6 is 11.8 Å². The maximum absolute atomic E-state index is 11.6. The zero-order valence-corrected chi connectivity index (χ0v) is 14.4. The van der Waals surface area contributed by atoms with Crippen LogP contribution in [-0.2, 0) is 9.53 Å². The molecule has 23 heavy (non-hydrogen) atoms. The first kappa shape index (κ1) is 15.9. The van der Waals surface area contributed by atoms with Crippen LogP contribution in [0.4, 0.5) is 5.69 Å². The summed E-state index contributed by atoms with van der Waals surface area (Å²) in [6.07, 6.45) is 0.409. The van der Waals surface area contributed by atoms with Crippen molar-refractivity contribution in [1.82, 2.24) is 4.98 Å². The number of rotatable bonds is 5. The van der Waals surface area contributed by atoms with E-state index in [4.69, 9.17) is 4.74 Å². The Kier molecular flexibility index (Phi) is 4.61. The van der Waals surface area contributed by atoms with Gasteiger partial charge < -0.3 is 15.0 Å². The number of ether oxygens (including phenoxy) is 1. The van der Waals surface area contributed by atoms with Gasteiger partial charge in [0.05, 0.1) is 36.5 Å². The van der Waals surface area contributed by atoms with Crippen molar-refractivity contribution >= 4 is 39.4 Å². The topological polar surface area (TPSA) is 66.5 Å². The number of aryl methyl sites for hydroxylation is 1. The first-order valence-electron chi connectivity index (χ1n) is 7.79. The predicted molar refractivity (Wildman–Crippen MR) is 96.6 cm³/mol. The molecule has 0 saturated heterocycles. The van der Waals surface area contributed by atoms with Crippen molar-refractivity contribution in [2.75, 3.05) is 25.5 Å². The lowest BCUT2D eigenvalue weighted by Crippen LogP contribution is -2.14. The second-order valence-corrected chi connectivity index (χ2v) is 6.89. The molecule has 1 atom stereocenters. The molecule has 2 aromatic rings. The van der Waals surface area contributed by atoms with Crippen molar-refractivity contribution in [1.29, 1.82) is 0 Å². The molecule has 0 amide bonds. The normalized spacial score (nSPS) is 17.3. The number of carbonyl (C=O) groups excluding carboxylic acids is 1. The Bertz CT molecular complexity index is 767. The number of aliphatic imine (C=N–C) groups is 1. The van der Waals surface area contributed by atoms with Gasteiger partial charge in [-0.15, -0.1) is 0 Å². The molecule has 0 bridgehead atoms. The number of aromatic amines is 1. The largest absolute Gasteiger partial charge is 0.466 e. The Labute approximate surface area is 139 Å². The monoisotopic (exact) mass is 331 g/mol. The van der Waals surface area contributed by atoms with Crippen LogP contribution in [0.1, 0.15) is 24.6 Å². The molecule has 5 nitrogen and oxygen atoms in total. The van der Waals surface area contributed by atoms with Crippen molar-refractivity contribution in [3.05, 3.63) is 29.5 Å². The molecule has 0 fully saturated rings. The second-order valence-electron chi connectivity index (χ2n) is 5.60. The number of carbonyl (C=O) groups is 1. The van der Waals surface area contributed by atoms with Crippen LogP contribution in [-0.4, -0.2) is 41.4 Å². The van der Waals surface area contributed by atoms with E-state index in [1.165, 1.54) is 10.9 Å². The quantitative estimate of drug-likeness (QED) is 0.825. The maximum atomic E-state index is 11.6. The number of benzene rings is 1. The first-order valence-corrected chi connectivity index (χ1v) is 8.67. The van der Waals surface area contributed by atoms with Gasteiger partial charge in [0.1, 0.15) is 5.04 Å². The summed E-state index contributed by atoms with van der Waals surface area (Å²) < 4.78 is 5.02. The minimum atomic E-state index is -0.147. The summed E-state index contributed by atoms with van der Waals surface area (Å²) in [5, 5.41) is 5.53. The number of anilines is 1. The van der Waals surface area contributed by atoms with Crippen molar-refractivity contribution in [3.8, 4) is 0 Å². The zero-order valence-electron chi connectivity index (χ0n) is 13.6. The molecule has 2 heterocycles. The van der Waals surface area contributed by atoms with E-state index in [0.717, 1.165) is 21.9 Å². The number of aromatic nitrogens is 1. The van der Waals surface area contributed by atoms with Gasteiger partial charge >= 0.3 is 5.97 Å². The molecule has 0 aliphatic carbocycles. The standard InChI is InChI=1S/C17H21N3O2S/c1-4-22-15(21)8-12-9-19-17(23-12)14-7-11-5-10(2)6-13(18-3)16(11)20-14/h5-7,12,18,20H,4,8-9H2,1-3H3. The highest BCUT2D eigenvalue weighted by Crippen LogP contribution is 2.31. The smallest absolute Gasteiger partial charge is 0.306 e. The molecule has 2 N–H and O–H groups in total. The molecule has 3 rings (SSSR count). The van der Waals surface area contributed by atoms with E-state index in [1.807, 2.05) is 14.0 Å². The Balaban J connectivity index is 1.78. The number of nitrogens with one attached hydrogen (secondary N) is 2. The van der Waals surface area contributed by atoms with Crippen molar-refractivity contribution in [3.63, 3.8) is 0 Å². The minimum absolute atomic E-state index is 0.147. The van der Waals surface area contributed by atoms with E-state index < -0.39 is 0 Å².